The van der Waals surface area contributed by atoms with Gasteiger partial charge in [-0.05, 0) is 6.92 Å². The molecule has 1 heterocycles. The van der Waals surface area contributed by atoms with E-state index in [1.54, 1.807) is 17.7 Å². The summed E-state index contributed by atoms with van der Waals surface area (Å²) >= 11 is 0. The van der Waals surface area contributed by atoms with Crippen LogP contribution in [0.3, 0.4) is 0 Å². The van der Waals surface area contributed by atoms with Gasteiger partial charge in [0.05, 0.1) is 5.84 Å². The number of aromatic nitrogens is 2. The predicted molar refractivity (Wildman–Crippen MR) is 40.2 cm³/mol. The molecule has 0 spiro atoms. The third-order valence-corrected chi connectivity index (χ3v) is 0.990. The van der Waals surface area contributed by atoms with Crippen LogP contribution in [-0.4, -0.2) is 15.6 Å². The number of rotatable bonds is 1. The van der Waals surface area contributed by atoms with Crippen molar-refractivity contribution in [3.63, 3.8) is 0 Å². The van der Waals surface area contributed by atoms with Crippen LogP contribution in [-0.2, 0) is 7.05 Å². The highest BCUT2D eigenvalue weighted by Gasteiger charge is 1.90. The Labute approximate surface area is 59.4 Å². The molecular weight excluding hydrogens is 128 g/mol. The first kappa shape index (κ1) is 6.80. The topological polar surface area (TPSA) is 56.2 Å². The molecule has 0 aliphatic rings. The van der Waals surface area contributed by atoms with Crippen LogP contribution in [0.1, 0.15) is 6.92 Å². The van der Waals surface area contributed by atoms with E-state index < -0.39 is 0 Å². The maximum atomic E-state index is 5.33. The fourth-order valence-corrected chi connectivity index (χ4v) is 0.643. The van der Waals surface area contributed by atoms with Crippen LogP contribution in [0, 0.1) is 0 Å². The summed E-state index contributed by atoms with van der Waals surface area (Å²) in [7, 11) is 1.84. The molecule has 0 aliphatic heterocycles. The summed E-state index contributed by atoms with van der Waals surface area (Å²) in [5, 5.41) is 4.00. The summed E-state index contributed by atoms with van der Waals surface area (Å²) in [4.78, 5) is 3.94. The van der Waals surface area contributed by atoms with Crippen molar-refractivity contribution in [1.82, 2.24) is 9.78 Å². The van der Waals surface area contributed by atoms with Gasteiger partial charge in [0.1, 0.15) is 0 Å². The van der Waals surface area contributed by atoms with Gasteiger partial charge in [-0.2, -0.15) is 5.10 Å². The third-order valence-electron chi connectivity index (χ3n) is 0.990. The van der Waals surface area contributed by atoms with Crippen molar-refractivity contribution in [2.24, 2.45) is 17.8 Å². The zero-order valence-corrected chi connectivity index (χ0v) is 6.07. The maximum Gasteiger partial charge on any atom is 0.175 e. The van der Waals surface area contributed by atoms with Gasteiger partial charge in [0.2, 0.25) is 0 Å². The van der Waals surface area contributed by atoms with E-state index in [1.165, 1.54) is 0 Å². The van der Waals surface area contributed by atoms with Crippen LogP contribution in [0.4, 0.5) is 5.82 Å². The van der Waals surface area contributed by atoms with Crippen molar-refractivity contribution in [2.75, 3.05) is 0 Å². The molecule has 0 amide bonds. The fraction of sp³-hybridized carbons (Fsp3) is 0.333. The number of nitrogens with zero attached hydrogens (tertiary/aromatic N) is 3. The lowest BCUT2D eigenvalue weighted by Crippen LogP contribution is -2.03. The van der Waals surface area contributed by atoms with Gasteiger partial charge in [-0.3, -0.25) is 4.68 Å². The fourth-order valence-electron chi connectivity index (χ4n) is 0.643. The molecule has 0 bridgehead atoms. The van der Waals surface area contributed by atoms with Crippen LogP contribution in [0.25, 0.3) is 0 Å². The van der Waals surface area contributed by atoms with Crippen molar-refractivity contribution in [2.45, 2.75) is 6.92 Å². The Morgan fingerprint density at radius 2 is 2.50 bits per heavy atom. The quantitative estimate of drug-likeness (QED) is 0.452. The number of hydrogen-bond donors (Lipinski definition) is 1. The summed E-state index contributed by atoms with van der Waals surface area (Å²) in [5.41, 5.74) is 5.33. The molecule has 4 nitrogen and oxygen atoms in total. The first-order valence-corrected chi connectivity index (χ1v) is 2.99. The zero-order valence-electron chi connectivity index (χ0n) is 6.07. The number of amidine groups is 1. The first-order chi connectivity index (χ1) is 4.68. The molecule has 0 saturated heterocycles. The van der Waals surface area contributed by atoms with E-state index in [2.05, 4.69) is 10.1 Å². The van der Waals surface area contributed by atoms with Crippen LogP contribution in [0.15, 0.2) is 17.3 Å². The number of aliphatic imine (C=N–C) groups is 1. The standard InChI is InChI=1S/C6H10N4/c1-5(7)8-6-3-4-10(2)9-6/h3-4H,1-2H3,(H2,7,8,9). The summed E-state index contributed by atoms with van der Waals surface area (Å²) < 4.78 is 1.68. The molecule has 0 unspecified atom stereocenters. The molecule has 0 atom stereocenters. The minimum absolute atomic E-state index is 0.527. The lowest BCUT2D eigenvalue weighted by molar-refractivity contribution is 0.769. The first-order valence-electron chi connectivity index (χ1n) is 2.99. The maximum absolute atomic E-state index is 5.33. The van der Waals surface area contributed by atoms with E-state index in [9.17, 15) is 0 Å². The lowest BCUT2D eigenvalue weighted by Gasteiger charge is -1.86. The largest absolute Gasteiger partial charge is 0.387 e. The molecule has 0 radical (unpaired) electrons. The normalized spacial score (nSPS) is 12.0. The molecule has 1 aromatic heterocycles. The van der Waals surface area contributed by atoms with Gasteiger partial charge in [-0.25, -0.2) is 4.99 Å². The number of hydrogen-bond acceptors (Lipinski definition) is 2. The highest BCUT2D eigenvalue weighted by molar-refractivity contribution is 5.79. The van der Waals surface area contributed by atoms with Crippen molar-refractivity contribution >= 4 is 11.7 Å². The van der Waals surface area contributed by atoms with Crippen LogP contribution in [0.5, 0.6) is 0 Å². The highest BCUT2D eigenvalue weighted by Crippen LogP contribution is 2.04. The lowest BCUT2D eigenvalue weighted by atomic mass is 10.6. The van der Waals surface area contributed by atoms with Gasteiger partial charge >= 0.3 is 0 Å². The molecule has 10 heavy (non-hydrogen) atoms. The summed E-state index contributed by atoms with van der Waals surface area (Å²) in [5.74, 6) is 1.18. The van der Waals surface area contributed by atoms with Crippen molar-refractivity contribution in [1.29, 1.82) is 0 Å². The third kappa shape index (κ3) is 1.58. The van der Waals surface area contributed by atoms with Gasteiger partial charge in [0.25, 0.3) is 0 Å². The SMILES string of the molecule is CC(N)=Nc1ccn(C)n1. The van der Waals surface area contributed by atoms with E-state index in [4.69, 9.17) is 5.73 Å². The molecule has 54 valence electrons. The van der Waals surface area contributed by atoms with Gasteiger partial charge < -0.3 is 5.73 Å². The Morgan fingerprint density at radius 3 is 2.90 bits per heavy atom. The van der Waals surface area contributed by atoms with Crippen LogP contribution in [0.2, 0.25) is 0 Å². The Morgan fingerprint density at radius 1 is 1.80 bits per heavy atom. The van der Waals surface area contributed by atoms with Crippen molar-refractivity contribution in [3.8, 4) is 0 Å². The molecule has 1 aromatic rings. The predicted octanol–water partition coefficient (Wildman–Crippen LogP) is 0.429. The summed E-state index contributed by atoms with van der Waals surface area (Å²) in [6.07, 6.45) is 1.82. The zero-order chi connectivity index (χ0) is 7.56. The highest BCUT2D eigenvalue weighted by atomic mass is 15.3. The number of aryl methyl sites for hydroxylation is 1. The number of nitrogens with two attached hydrogens (primary N) is 1. The van der Waals surface area contributed by atoms with Crippen molar-refractivity contribution < 1.29 is 0 Å². The molecule has 0 saturated carbocycles. The second kappa shape index (κ2) is 2.51. The second-order valence-corrected chi connectivity index (χ2v) is 2.10. The van der Waals surface area contributed by atoms with Gasteiger partial charge in [-0.15, -0.1) is 0 Å². The molecule has 0 aromatic carbocycles. The van der Waals surface area contributed by atoms with E-state index in [0.29, 0.717) is 11.7 Å². The average molecular weight is 138 g/mol. The van der Waals surface area contributed by atoms with Crippen LogP contribution < -0.4 is 5.73 Å². The van der Waals surface area contributed by atoms with Crippen molar-refractivity contribution in [3.05, 3.63) is 12.3 Å². The van der Waals surface area contributed by atoms with Gasteiger partial charge in [0, 0.05) is 19.3 Å². The summed E-state index contributed by atoms with van der Waals surface area (Å²) in [6, 6.07) is 1.80. The Bertz CT molecular complexity index is 244. The monoisotopic (exact) mass is 138 g/mol. The molecule has 0 aliphatic carbocycles. The van der Waals surface area contributed by atoms with E-state index in [0.717, 1.165) is 0 Å². The second-order valence-electron chi connectivity index (χ2n) is 2.10. The van der Waals surface area contributed by atoms with Gasteiger partial charge in [0.15, 0.2) is 5.82 Å². The molecule has 0 fully saturated rings. The Balaban J connectivity index is 2.86. The van der Waals surface area contributed by atoms with Crippen LogP contribution >= 0.6 is 0 Å². The Kier molecular flexibility index (Phi) is 1.71. The Hall–Kier alpha value is -1.32. The summed E-state index contributed by atoms with van der Waals surface area (Å²) in [6.45, 7) is 1.73. The van der Waals surface area contributed by atoms with E-state index >= 15 is 0 Å². The minimum Gasteiger partial charge on any atom is -0.387 e. The van der Waals surface area contributed by atoms with Gasteiger partial charge in [-0.1, -0.05) is 0 Å². The average Bonchev–Trinajstić information content (AvgIpc) is 2.13. The van der Waals surface area contributed by atoms with E-state index in [1.807, 2.05) is 13.2 Å². The molecular formula is C6H10N4. The molecule has 2 N–H and O–H groups in total. The molecule has 4 heteroatoms. The smallest absolute Gasteiger partial charge is 0.175 e. The minimum atomic E-state index is 0.527. The molecule has 1 rings (SSSR count). The van der Waals surface area contributed by atoms with E-state index in [-0.39, 0.29) is 0 Å².